The predicted molar refractivity (Wildman–Crippen MR) is 112 cm³/mol. The van der Waals surface area contributed by atoms with Crippen LogP contribution in [0.15, 0.2) is 29.4 Å². The Morgan fingerprint density at radius 3 is 2.17 bits per heavy atom. The van der Waals surface area contributed by atoms with Crippen molar-refractivity contribution in [1.29, 1.82) is 0 Å². The van der Waals surface area contributed by atoms with Crippen LogP contribution in [0.2, 0.25) is 0 Å². The van der Waals surface area contributed by atoms with Crippen LogP contribution >= 0.6 is 0 Å². The Balaban J connectivity index is 1.59. The van der Waals surface area contributed by atoms with E-state index >= 15 is 0 Å². The van der Waals surface area contributed by atoms with Gasteiger partial charge in [-0.25, -0.2) is 5.43 Å². The van der Waals surface area contributed by atoms with Crippen molar-refractivity contribution in [2.45, 2.75) is 32.6 Å². The number of hydrogen-bond acceptors (Lipinski definition) is 9. The van der Waals surface area contributed by atoms with Crippen LogP contribution in [-0.4, -0.2) is 51.8 Å². The molecule has 0 bridgehead atoms. The summed E-state index contributed by atoms with van der Waals surface area (Å²) >= 11 is 0. The van der Waals surface area contributed by atoms with Crippen molar-refractivity contribution in [1.82, 2.24) is 15.0 Å². The van der Waals surface area contributed by atoms with E-state index in [4.69, 9.17) is 0 Å². The standard InChI is InChI=1S/C19H24N8O2/c1-14(15-7-6-8-16(13-15)27(28)29)23-24-17-20-18(25-9-2-3-10-25)22-19(21-17)26-11-4-5-12-26/h6-8,13H,2-5,9-12H2,1H3,(H,20,21,22,24)/b23-14+. The Morgan fingerprint density at radius 1 is 1.03 bits per heavy atom. The Bertz CT molecular complexity index is 886. The summed E-state index contributed by atoms with van der Waals surface area (Å²) in [5.74, 6) is 1.73. The average molecular weight is 396 g/mol. The molecule has 29 heavy (non-hydrogen) atoms. The number of hydrogen-bond donors (Lipinski definition) is 1. The van der Waals surface area contributed by atoms with E-state index in [0.717, 1.165) is 51.9 Å². The fourth-order valence-electron chi connectivity index (χ4n) is 3.56. The van der Waals surface area contributed by atoms with E-state index in [1.807, 2.05) is 0 Å². The lowest BCUT2D eigenvalue weighted by molar-refractivity contribution is -0.384. The lowest BCUT2D eigenvalue weighted by Gasteiger charge is -2.20. The largest absolute Gasteiger partial charge is 0.341 e. The van der Waals surface area contributed by atoms with Gasteiger partial charge in [-0.05, 0) is 32.6 Å². The molecule has 4 rings (SSSR count). The van der Waals surface area contributed by atoms with Crippen molar-refractivity contribution < 1.29 is 4.92 Å². The molecular weight excluding hydrogens is 372 g/mol. The zero-order valence-corrected chi connectivity index (χ0v) is 16.4. The van der Waals surface area contributed by atoms with E-state index in [-0.39, 0.29) is 5.69 Å². The molecule has 3 heterocycles. The topological polar surface area (TPSA) is 113 Å². The number of non-ortho nitro benzene ring substituents is 1. The van der Waals surface area contributed by atoms with Crippen LogP contribution in [0.1, 0.15) is 38.2 Å². The SMILES string of the molecule is C/C(=N\Nc1nc(N2CCCC2)nc(N2CCCC2)n1)c1cccc([N+](=O)[O-])c1. The highest BCUT2D eigenvalue weighted by Crippen LogP contribution is 2.23. The van der Waals surface area contributed by atoms with Crippen molar-refractivity contribution >= 4 is 29.2 Å². The Morgan fingerprint density at radius 2 is 1.62 bits per heavy atom. The number of nitrogens with one attached hydrogen (secondary N) is 1. The van der Waals surface area contributed by atoms with E-state index in [2.05, 4.69) is 35.3 Å². The van der Waals surface area contributed by atoms with E-state index in [0.29, 0.717) is 29.1 Å². The van der Waals surface area contributed by atoms with E-state index < -0.39 is 4.92 Å². The molecule has 1 aromatic heterocycles. The first-order valence-corrected chi connectivity index (χ1v) is 9.91. The number of anilines is 3. The molecule has 2 saturated heterocycles. The van der Waals surface area contributed by atoms with Gasteiger partial charge >= 0.3 is 0 Å². The van der Waals surface area contributed by atoms with Crippen LogP contribution in [0.4, 0.5) is 23.5 Å². The molecule has 0 radical (unpaired) electrons. The molecule has 10 heteroatoms. The summed E-state index contributed by atoms with van der Waals surface area (Å²) in [4.78, 5) is 28.7. The van der Waals surface area contributed by atoms with Gasteiger partial charge < -0.3 is 9.80 Å². The number of nitro groups is 1. The second-order valence-corrected chi connectivity index (χ2v) is 7.26. The Kier molecular flexibility index (Phi) is 5.50. The minimum atomic E-state index is -0.416. The molecule has 2 fully saturated rings. The third kappa shape index (κ3) is 4.41. The van der Waals surface area contributed by atoms with Gasteiger partial charge in [0.05, 0.1) is 10.6 Å². The van der Waals surface area contributed by atoms with Gasteiger partial charge in [0.25, 0.3) is 5.69 Å². The monoisotopic (exact) mass is 396 g/mol. The average Bonchev–Trinajstić information content (AvgIpc) is 3.46. The smallest absolute Gasteiger partial charge is 0.270 e. The van der Waals surface area contributed by atoms with Crippen LogP contribution in [0, 0.1) is 10.1 Å². The highest BCUT2D eigenvalue weighted by Gasteiger charge is 2.21. The second-order valence-electron chi connectivity index (χ2n) is 7.26. The van der Waals surface area contributed by atoms with Crippen molar-refractivity contribution in [2.75, 3.05) is 41.4 Å². The molecule has 2 aliphatic rings. The molecule has 0 spiro atoms. The number of nitro benzene ring substituents is 1. The quantitative estimate of drug-likeness (QED) is 0.450. The maximum absolute atomic E-state index is 11.0. The lowest BCUT2D eigenvalue weighted by Crippen LogP contribution is -2.25. The molecule has 2 aromatic rings. The molecule has 10 nitrogen and oxygen atoms in total. The number of hydrazone groups is 1. The maximum atomic E-state index is 11.0. The minimum Gasteiger partial charge on any atom is -0.341 e. The van der Waals surface area contributed by atoms with Crippen LogP contribution in [0.3, 0.4) is 0 Å². The van der Waals surface area contributed by atoms with Crippen molar-refractivity contribution in [3.63, 3.8) is 0 Å². The Labute approximate surface area is 168 Å². The summed E-state index contributed by atoms with van der Waals surface area (Å²) in [5, 5.41) is 15.4. The van der Waals surface area contributed by atoms with E-state index in [1.54, 1.807) is 19.1 Å². The van der Waals surface area contributed by atoms with Crippen molar-refractivity contribution in [3.05, 3.63) is 39.9 Å². The van der Waals surface area contributed by atoms with Crippen LogP contribution in [-0.2, 0) is 0 Å². The van der Waals surface area contributed by atoms with E-state index in [9.17, 15) is 10.1 Å². The zero-order chi connectivity index (χ0) is 20.2. The first-order chi connectivity index (χ1) is 14.1. The van der Waals surface area contributed by atoms with Gasteiger partial charge in [0.15, 0.2) is 0 Å². The molecule has 0 unspecified atom stereocenters. The predicted octanol–water partition coefficient (Wildman–Crippen LogP) is 2.82. The molecule has 2 aliphatic heterocycles. The molecule has 1 N–H and O–H groups in total. The van der Waals surface area contributed by atoms with Gasteiger partial charge in [0.1, 0.15) is 0 Å². The molecule has 0 saturated carbocycles. The fourth-order valence-corrected chi connectivity index (χ4v) is 3.56. The number of nitrogens with zero attached hydrogens (tertiary/aromatic N) is 7. The third-order valence-corrected chi connectivity index (χ3v) is 5.19. The number of rotatable bonds is 6. The summed E-state index contributed by atoms with van der Waals surface area (Å²) in [7, 11) is 0. The lowest BCUT2D eigenvalue weighted by atomic mass is 10.1. The van der Waals surface area contributed by atoms with E-state index in [1.165, 1.54) is 12.1 Å². The summed E-state index contributed by atoms with van der Waals surface area (Å²) < 4.78 is 0. The molecule has 0 atom stereocenters. The van der Waals surface area contributed by atoms with Gasteiger partial charge in [-0.3, -0.25) is 10.1 Å². The van der Waals surface area contributed by atoms with Crippen molar-refractivity contribution in [3.8, 4) is 0 Å². The molecule has 152 valence electrons. The fraction of sp³-hybridized carbons (Fsp3) is 0.474. The normalized spacial score (nSPS) is 17.1. The summed E-state index contributed by atoms with van der Waals surface area (Å²) in [6, 6.07) is 6.39. The highest BCUT2D eigenvalue weighted by molar-refractivity contribution is 5.99. The number of benzene rings is 1. The third-order valence-electron chi connectivity index (χ3n) is 5.19. The van der Waals surface area contributed by atoms with Gasteiger partial charge in [-0.1, -0.05) is 12.1 Å². The first kappa shape index (κ1) is 19.0. The zero-order valence-electron chi connectivity index (χ0n) is 16.4. The molecule has 1 aromatic carbocycles. The first-order valence-electron chi connectivity index (χ1n) is 9.91. The van der Waals surface area contributed by atoms with Crippen LogP contribution < -0.4 is 15.2 Å². The summed E-state index contributed by atoms with van der Waals surface area (Å²) in [6.45, 7) is 5.56. The van der Waals surface area contributed by atoms with Crippen LogP contribution in [0.25, 0.3) is 0 Å². The molecule has 0 aliphatic carbocycles. The maximum Gasteiger partial charge on any atom is 0.270 e. The molecular formula is C19H24N8O2. The van der Waals surface area contributed by atoms with Gasteiger partial charge in [-0.2, -0.15) is 20.1 Å². The summed E-state index contributed by atoms with van der Waals surface area (Å²) in [6.07, 6.45) is 4.55. The second kappa shape index (κ2) is 8.38. The minimum absolute atomic E-state index is 0.0323. The van der Waals surface area contributed by atoms with Gasteiger partial charge in [0.2, 0.25) is 17.8 Å². The highest BCUT2D eigenvalue weighted by atomic mass is 16.6. The Hall–Kier alpha value is -3.30. The summed E-state index contributed by atoms with van der Waals surface area (Å²) in [5.41, 5.74) is 4.23. The van der Waals surface area contributed by atoms with Crippen LogP contribution in [0.5, 0.6) is 0 Å². The molecule has 0 amide bonds. The van der Waals surface area contributed by atoms with Gasteiger partial charge in [0, 0.05) is 43.9 Å². The number of aromatic nitrogens is 3. The van der Waals surface area contributed by atoms with Gasteiger partial charge in [-0.15, -0.1) is 0 Å². The van der Waals surface area contributed by atoms with Crippen molar-refractivity contribution in [2.24, 2.45) is 5.10 Å².